The molecule has 1 heterocycles. The fraction of sp³-hybridized carbons (Fsp3) is 0.0769. The summed E-state index contributed by atoms with van der Waals surface area (Å²) < 4.78 is 13.4. The van der Waals surface area contributed by atoms with E-state index >= 15 is 0 Å². The molecular weight excluding hydrogens is 217 g/mol. The van der Waals surface area contributed by atoms with E-state index in [2.05, 4.69) is 15.5 Å². The van der Waals surface area contributed by atoms with Gasteiger partial charge in [0.2, 0.25) is 0 Å². The number of rotatable bonds is 3. The van der Waals surface area contributed by atoms with Crippen molar-refractivity contribution in [1.29, 1.82) is 0 Å². The SMILES string of the molecule is CC(=NNc1ccccn1)c1ccccc1F. The molecular formula is C13H12FN3. The van der Waals surface area contributed by atoms with Crippen molar-refractivity contribution in [2.24, 2.45) is 5.10 Å². The van der Waals surface area contributed by atoms with Gasteiger partial charge in [-0.3, -0.25) is 5.43 Å². The minimum Gasteiger partial charge on any atom is -0.261 e. The number of benzene rings is 1. The average Bonchev–Trinajstić information content (AvgIpc) is 2.38. The number of halogens is 1. The van der Waals surface area contributed by atoms with Gasteiger partial charge in [-0.05, 0) is 25.1 Å². The summed E-state index contributed by atoms with van der Waals surface area (Å²) in [5.41, 5.74) is 3.84. The van der Waals surface area contributed by atoms with Gasteiger partial charge in [0, 0.05) is 11.8 Å². The Hall–Kier alpha value is -2.23. The summed E-state index contributed by atoms with van der Waals surface area (Å²) in [6.07, 6.45) is 1.66. The molecule has 0 radical (unpaired) electrons. The molecule has 1 aromatic heterocycles. The van der Waals surface area contributed by atoms with Gasteiger partial charge in [0.05, 0.1) is 5.71 Å². The summed E-state index contributed by atoms with van der Waals surface area (Å²) in [5, 5.41) is 4.09. The second-order valence-electron chi connectivity index (χ2n) is 3.50. The van der Waals surface area contributed by atoms with Crippen LogP contribution < -0.4 is 5.43 Å². The molecule has 0 unspecified atom stereocenters. The Kier molecular flexibility index (Phi) is 3.45. The molecule has 0 amide bonds. The van der Waals surface area contributed by atoms with E-state index in [1.54, 1.807) is 37.4 Å². The predicted molar refractivity (Wildman–Crippen MR) is 66.5 cm³/mol. The summed E-state index contributed by atoms with van der Waals surface area (Å²) in [5.74, 6) is 0.347. The number of pyridine rings is 1. The van der Waals surface area contributed by atoms with Gasteiger partial charge in [0.15, 0.2) is 0 Å². The van der Waals surface area contributed by atoms with Gasteiger partial charge in [-0.2, -0.15) is 5.10 Å². The van der Waals surface area contributed by atoms with Crippen LogP contribution in [0.3, 0.4) is 0 Å². The van der Waals surface area contributed by atoms with Gasteiger partial charge in [-0.15, -0.1) is 0 Å². The first-order chi connectivity index (χ1) is 8.27. The van der Waals surface area contributed by atoms with Crippen LogP contribution in [-0.4, -0.2) is 10.7 Å². The van der Waals surface area contributed by atoms with Crippen molar-refractivity contribution in [3.63, 3.8) is 0 Å². The zero-order valence-corrected chi connectivity index (χ0v) is 9.39. The molecule has 4 heteroatoms. The largest absolute Gasteiger partial charge is 0.261 e. The number of anilines is 1. The van der Waals surface area contributed by atoms with Gasteiger partial charge < -0.3 is 0 Å². The molecule has 0 fully saturated rings. The van der Waals surface area contributed by atoms with E-state index in [-0.39, 0.29) is 5.82 Å². The summed E-state index contributed by atoms with van der Waals surface area (Å²) in [6, 6.07) is 12.0. The van der Waals surface area contributed by atoms with Crippen LogP contribution in [0.2, 0.25) is 0 Å². The van der Waals surface area contributed by atoms with Crippen molar-refractivity contribution in [2.45, 2.75) is 6.92 Å². The number of hydrazone groups is 1. The Bertz CT molecular complexity index is 523. The summed E-state index contributed by atoms with van der Waals surface area (Å²) in [4.78, 5) is 4.05. The van der Waals surface area contributed by atoms with Crippen LogP contribution in [0.4, 0.5) is 10.2 Å². The monoisotopic (exact) mass is 229 g/mol. The van der Waals surface area contributed by atoms with Crippen molar-refractivity contribution in [3.05, 3.63) is 60.0 Å². The molecule has 0 spiro atoms. The third-order valence-electron chi connectivity index (χ3n) is 2.27. The average molecular weight is 229 g/mol. The number of hydrogen-bond donors (Lipinski definition) is 1. The van der Waals surface area contributed by atoms with Crippen LogP contribution in [0, 0.1) is 5.82 Å². The normalized spacial score (nSPS) is 11.3. The Balaban J connectivity index is 2.16. The molecule has 2 rings (SSSR count). The van der Waals surface area contributed by atoms with Crippen LogP contribution in [0.5, 0.6) is 0 Å². The van der Waals surface area contributed by atoms with Crippen molar-refractivity contribution in [1.82, 2.24) is 4.98 Å². The van der Waals surface area contributed by atoms with Crippen molar-refractivity contribution >= 4 is 11.5 Å². The van der Waals surface area contributed by atoms with Crippen LogP contribution in [-0.2, 0) is 0 Å². The van der Waals surface area contributed by atoms with E-state index < -0.39 is 0 Å². The minimum absolute atomic E-state index is 0.281. The van der Waals surface area contributed by atoms with E-state index in [0.717, 1.165) is 0 Å². The lowest BCUT2D eigenvalue weighted by molar-refractivity contribution is 0.625. The molecule has 1 aromatic carbocycles. The molecule has 86 valence electrons. The topological polar surface area (TPSA) is 37.3 Å². The maximum atomic E-state index is 13.4. The smallest absolute Gasteiger partial charge is 0.146 e. The molecule has 0 atom stereocenters. The number of nitrogens with zero attached hydrogens (tertiary/aromatic N) is 2. The molecule has 0 aliphatic carbocycles. The number of nitrogens with one attached hydrogen (secondary N) is 1. The fourth-order valence-electron chi connectivity index (χ4n) is 1.38. The minimum atomic E-state index is -0.281. The molecule has 0 saturated heterocycles. The van der Waals surface area contributed by atoms with Crippen molar-refractivity contribution in [3.8, 4) is 0 Å². The first-order valence-corrected chi connectivity index (χ1v) is 5.23. The van der Waals surface area contributed by atoms with Gasteiger partial charge in [-0.1, -0.05) is 24.3 Å². The highest BCUT2D eigenvalue weighted by Gasteiger charge is 2.03. The van der Waals surface area contributed by atoms with E-state index in [1.165, 1.54) is 6.07 Å². The molecule has 17 heavy (non-hydrogen) atoms. The molecule has 0 aliphatic heterocycles. The molecule has 0 aliphatic rings. The third-order valence-corrected chi connectivity index (χ3v) is 2.27. The highest BCUT2D eigenvalue weighted by atomic mass is 19.1. The first kappa shape index (κ1) is 11.3. The van der Waals surface area contributed by atoms with Crippen molar-refractivity contribution in [2.75, 3.05) is 5.43 Å². The van der Waals surface area contributed by atoms with E-state index in [9.17, 15) is 4.39 Å². The third kappa shape index (κ3) is 2.87. The number of aromatic nitrogens is 1. The first-order valence-electron chi connectivity index (χ1n) is 5.23. The summed E-state index contributed by atoms with van der Waals surface area (Å²) >= 11 is 0. The fourth-order valence-corrected chi connectivity index (χ4v) is 1.38. The quantitative estimate of drug-likeness (QED) is 0.648. The van der Waals surface area contributed by atoms with Crippen molar-refractivity contribution < 1.29 is 4.39 Å². The number of hydrogen-bond acceptors (Lipinski definition) is 3. The molecule has 1 N–H and O–H groups in total. The highest BCUT2D eigenvalue weighted by molar-refractivity contribution is 5.99. The lowest BCUT2D eigenvalue weighted by Gasteiger charge is -2.03. The summed E-state index contributed by atoms with van der Waals surface area (Å²) in [6.45, 7) is 1.74. The second kappa shape index (κ2) is 5.21. The maximum Gasteiger partial charge on any atom is 0.146 e. The lowest BCUT2D eigenvalue weighted by atomic mass is 10.1. The Morgan fingerprint density at radius 2 is 1.94 bits per heavy atom. The maximum absolute atomic E-state index is 13.4. The van der Waals surface area contributed by atoms with Gasteiger partial charge >= 0.3 is 0 Å². The van der Waals surface area contributed by atoms with Crippen LogP contribution in [0.1, 0.15) is 12.5 Å². The standard InChI is InChI=1S/C13H12FN3/c1-10(11-6-2-3-7-12(11)14)16-17-13-8-4-5-9-15-13/h2-9H,1H3,(H,15,17). The van der Waals surface area contributed by atoms with E-state index in [1.807, 2.05) is 12.1 Å². The van der Waals surface area contributed by atoms with E-state index in [4.69, 9.17) is 0 Å². The van der Waals surface area contributed by atoms with Crippen LogP contribution >= 0.6 is 0 Å². The molecule has 0 saturated carbocycles. The second-order valence-corrected chi connectivity index (χ2v) is 3.50. The van der Waals surface area contributed by atoms with Gasteiger partial charge in [0.1, 0.15) is 11.6 Å². The van der Waals surface area contributed by atoms with Gasteiger partial charge in [-0.25, -0.2) is 9.37 Å². The molecule has 0 bridgehead atoms. The molecule has 2 aromatic rings. The highest BCUT2D eigenvalue weighted by Crippen LogP contribution is 2.08. The Morgan fingerprint density at radius 1 is 1.18 bits per heavy atom. The van der Waals surface area contributed by atoms with Gasteiger partial charge in [0.25, 0.3) is 0 Å². The molecule has 3 nitrogen and oxygen atoms in total. The zero-order chi connectivity index (χ0) is 12.1. The zero-order valence-electron chi connectivity index (χ0n) is 9.39. The summed E-state index contributed by atoms with van der Waals surface area (Å²) in [7, 11) is 0. The van der Waals surface area contributed by atoms with Crippen LogP contribution in [0.15, 0.2) is 53.8 Å². The Morgan fingerprint density at radius 3 is 2.65 bits per heavy atom. The lowest BCUT2D eigenvalue weighted by Crippen LogP contribution is -2.02. The Labute approximate surface area is 99.0 Å². The van der Waals surface area contributed by atoms with Crippen LogP contribution in [0.25, 0.3) is 0 Å². The van der Waals surface area contributed by atoms with E-state index in [0.29, 0.717) is 17.1 Å². The predicted octanol–water partition coefficient (Wildman–Crippen LogP) is 3.06.